The number of H-pyrrole nitrogens is 1. The number of methoxy groups -OCH3 is 1. The van der Waals surface area contributed by atoms with Gasteiger partial charge >= 0.3 is 5.97 Å². The number of hydrogen-bond acceptors (Lipinski definition) is 4. The Morgan fingerprint density at radius 2 is 1.93 bits per heavy atom. The molecule has 1 unspecified atom stereocenters. The molecular weight excluding hydrogens is 417 g/mol. The topological polar surface area (TPSA) is 113 Å². The standard InChI is InChI=1S/C20H17ClFN3O5/c1-30-17-7-2-11(21)8-14(17)15(10-19(27)28)23-20(29)16-9-18(26)25(24-16)13-5-3-12(22)4-6-13/h2-9,15,24H,10H2,1H3,(H,23,29)(H,27,28). The number of nitrogens with one attached hydrogen (secondary N) is 2. The summed E-state index contributed by atoms with van der Waals surface area (Å²) in [6, 6.07) is 9.83. The van der Waals surface area contributed by atoms with E-state index < -0.39 is 35.7 Å². The van der Waals surface area contributed by atoms with Crippen molar-refractivity contribution in [1.82, 2.24) is 15.1 Å². The average molecular weight is 434 g/mol. The Kier molecular flexibility index (Phi) is 6.22. The number of ether oxygens (including phenoxy) is 1. The van der Waals surface area contributed by atoms with Crippen LogP contribution in [0.25, 0.3) is 5.69 Å². The minimum atomic E-state index is -1.15. The highest BCUT2D eigenvalue weighted by molar-refractivity contribution is 6.30. The number of hydrogen-bond donors (Lipinski definition) is 3. The molecule has 1 atom stereocenters. The SMILES string of the molecule is COc1ccc(Cl)cc1C(CC(=O)O)NC(=O)c1cc(=O)n(-c2ccc(F)cc2)[nH]1. The van der Waals surface area contributed by atoms with Crippen LogP contribution in [0, 0.1) is 5.82 Å². The van der Waals surface area contributed by atoms with Crippen LogP contribution >= 0.6 is 11.6 Å². The third-order valence-electron chi connectivity index (χ3n) is 4.30. The smallest absolute Gasteiger partial charge is 0.305 e. The van der Waals surface area contributed by atoms with Crippen LogP contribution in [0.15, 0.2) is 53.3 Å². The van der Waals surface area contributed by atoms with Crippen molar-refractivity contribution in [3.05, 3.63) is 81.0 Å². The lowest BCUT2D eigenvalue weighted by molar-refractivity contribution is -0.137. The number of benzene rings is 2. The summed E-state index contributed by atoms with van der Waals surface area (Å²) < 4.78 is 19.4. The summed E-state index contributed by atoms with van der Waals surface area (Å²) in [7, 11) is 1.41. The maximum Gasteiger partial charge on any atom is 0.305 e. The van der Waals surface area contributed by atoms with Gasteiger partial charge in [0.1, 0.15) is 17.3 Å². The molecule has 3 aromatic rings. The largest absolute Gasteiger partial charge is 0.496 e. The highest BCUT2D eigenvalue weighted by Crippen LogP contribution is 2.30. The van der Waals surface area contributed by atoms with Crippen LogP contribution < -0.4 is 15.6 Å². The number of carbonyl (C=O) groups excluding carboxylic acids is 1. The number of carboxylic acids is 1. The normalized spacial score (nSPS) is 11.7. The molecule has 0 saturated heterocycles. The molecular formula is C20H17ClFN3O5. The van der Waals surface area contributed by atoms with E-state index in [0.29, 0.717) is 22.0 Å². The highest BCUT2D eigenvalue weighted by Gasteiger charge is 2.24. The third-order valence-corrected chi connectivity index (χ3v) is 4.54. The van der Waals surface area contributed by atoms with E-state index in [1.54, 1.807) is 12.1 Å². The van der Waals surface area contributed by atoms with E-state index in [2.05, 4.69) is 10.4 Å². The number of aromatic nitrogens is 2. The van der Waals surface area contributed by atoms with Crippen molar-refractivity contribution < 1.29 is 23.8 Å². The zero-order valence-electron chi connectivity index (χ0n) is 15.7. The minimum Gasteiger partial charge on any atom is -0.496 e. The number of carbonyl (C=O) groups is 2. The Labute approximate surface area is 174 Å². The van der Waals surface area contributed by atoms with E-state index in [4.69, 9.17) is 16.3 Å². The first-order chi connectivity index (χ1) is 14.3. The summed E-state index contributed by atoms with van der Waals surface area (Å²) in [6.45, 7) is 0. The van der Waals surface area contributed by atoms with Crippen LogP contribution in [0.1, 0.15) is 28.5 Å². The first kappa shape index (κ1) is 21.1. The lowest BCUT2D eigenvalue weighted by atomic mass is 10.0. The molecule has 0 saturated carbocycles. The fraction of sp³-hybridized carbons (Fsp3) is 0.150. The van der Waals surface area contributed by atoms with Gasteiger partial charge in [-0.3, -0.25) is 19.5 Å². The molecule has 3 N–H and O–H groups in total. The number of rotatable bonds is 7. The number of carboxylic acid groups (broad SMARTS) is 1. The summed E-state index contributed by atoms with van der Waals surface area (Å²) in [4.78, 5) is 36.3. The number of halogens is 2. The van der Waals surface area contributed by atoms with Gasteiger partial charge in [0, 0.05) is 16.7 Å². The lowest BCUT2D eigenvalue weighted by Crippen LogP contribution is -2.31. The molecule has 0 aliphatic rings. The minimum absolute atomic E-state index is 0.0966. The molecule has 10 heteroatoms. The Morgan fingerprint density at radius 1 is 1.23 bits per heavy atom. The number of nitrogens with zero attached hydrogens (tertiary/aromatic N) is 1. The Morgan fingerprint density at radius 3 is 2.57 bits per heavy atom. The molecule has 3 rings (SSSR count). The van der Waals surface area contributed by atoms with Crippen molar-refractivity contribution in [1.29, 1.82) is 0 Å². The zero-order chi connectivity index (χ0) is 21.8. The van der Waals surface area contributed by atoms with Crippen molar-refractivity contribution >= 4 is 23.5 Å². The van der Waals surface area contributed by atoms with Crippen LogP contribution in [-0.4, -0.2) is 33.9 Å². The van der Waals surface area contributed by atoms with Crippen molar-refractivity contribution in [3.63, 3.8) is 0 Å². The van der Waals surface area contributed by atoms with Gasteiger partial charge in [-0.2, -0.15) is 0 Å². The summed E-state index contributed by atoms with van der Waals surface area (Å²) in [5, 5.41) is 14.8. The summed E-state index contributed by atoms with van der Waals surface area (Å²) in [6.07, 6.45) is -0.439. The maximum absolute atomic E-state index is 13.1. The van der Waals surface area contributed by atoms with Gasteiger partial charge in [-0.25, -0.2) is 9.07 Å². The van der Waals surface area contributed by atoms with Gasteiger partial charge in [-0.15, -0.1) is 0 Å². The first-order valence-corrected chi connectivity index (χ1v) is 9.10. The molecule has 8 nitrogen and oxygen atoms in total. The van der Waals surface area contributed by atoms with Crippen molar-refractivity contribution in [2.45, 2.75) is 12.5 Å². The van der Waals surface area contributed by atoms with Gasteiger partial charge in [0.15, 0.2) is 0 Å². The summed E-state index contributed by atoms with van der Waals surface area (Å²) in [5.74, 6) is -1.98. The quantitative estimate of drug-likeness (QED) is 0.530. The highest BCUT2D eigenvalue weighted by atomic mass is 35.5. The molecule has 0 bridgehead atoms. The maximum atomic E-state index is 13.1. The Balaban J connectivity index is 1.91. The molecule has 1 heterocycles. The molecule has 0 spiro atoms. The summed E-state index contributed by atoms with van der Waals surface area (Å²) in [5.41, 5.74) is 0.0719. The molecule has 156 valence electrons. The molecule has 30 heavy (non-hydrogen) atoms. The van der Waals surface area contributed by atoms with Gasteiger partial charge in [0.05, 0.1) is 25.3 Å². The van der Waals surface area contributed by atoms with Crippen molar-refractivity contribution in [2.75, 3.05) is 7.11 Å². The Hall–Kier alpha value is -3.59. The zero-order valence-corrected chi connectivity index (χ0v) is 16.4. The second-order valence-corrected chi connectivity index (χ2v) is 6.77. The van der Waals surface area contributed by atoms with Crippen LogP contribution in [0.5, 0.6) is 5.75 Å². The first-order valence-electron chi connectivity index (χ1n) is 8.72. The molecule has 0 aliphatic heterocycles. The lowest BCUT2D eigenvalue weighted by Gasteiger charge is -2.20. The molecule has 0 fully saturated rings. The molecule has 2 aromatic carbocycles. The fourth-order valence-electron chi connectivity index (χ4n) is 2.92. The number of aliphatic carboxylic acids is 1. The van der Waals surface area contributed by atoms with Crippen LogP contribution in [0.3, 0.4) is 0 Å². The van der Waals surface area contributed by atoms with Crippen molar-refractivity contribution in [3.8, 4) is 11.4 Å². The monoisotopic (exact) mass is 433 g/mol. The van der Waals surface area contributed by atoms with Crippen LogP contribution in [-0.2, 0) is 4.79 Å². The average Bonchev–Trinajstić information content (AvgIpc) is 3.09. The Bertz CT molecular complexity index is 1140. The fourth-order valence-corrected chi connectivity index (χ4v) is 3.10. The molecule has 1 amide bonds. The van der Waals surface area contributed by atoms with Gasteiger partial charge in [-0.05, 0) is 42.5 Å². The second-order valence-electron chi connectivity index (χ2n) is 6.33. The van der Waals surface area contributed by atoms with E-state index in [1.807, 2.05) is 0 Å². The van der Waals surface area contributed by atoms with Gasteiger partial charge in [0.2, 0.25) is 0 Å². The predicted octanol–water partition coefficient (Wildman–Crippen LogP) is 2.91. The molecule has 1 aromatic heterocycles. The van der Waals surface area contributed by atoms with Gasteiger partial charge in [0.25, 0.3) is 11.5 Å². The predicted molar refractivity (Wildman–Crippen MR) is 107 cm³/mol. The van der Waals surface area contributed by atoms with E-state index in [1.165, 1.54) is 37.4 Å². The molecule has 0 aliphatic carbocycles. The second kappa shape index (κ2) is 8.83. The van der Waals surface area contributed by atoms with Crippen LogP contribution in [0.4, 0.5) is 4.39 Å². The van der Waals surface area contributed by atoms with E-state index >= 15 is 0 Å². The summed E-state index contributed by atoms with van der Waals surface area (Å²) >= 11 is 6.02. The van der Waals surface area contributed by atoms with E-state index in [-0.39, 0.29) is 5.69 Å². The number of aromatic amines is 1. The number of amides is 1. The van der Waals surface area contributed by atoms with Gasteiger partial charge in [-0.1, -0.05) is 11.6 Å². The van der Waals surface area contributed by atoms with Crippen LogP contribution in [0.2, 0.25) is 5.02 Å². The van der Waals surface area contributed by atoms with Crippen molar-refractivity contribution in [2.24, 2.45) is 0 Å². The third kappa shape index (κ3) is 4.69. The van der Waals surface area contributed by atoms with E-state index in [0.717, 1.165) is 10.7 Å². The van der Waals surface area contributed by atoms with E-state index in [9.17, 15) is 23.9 Å². The van der Waals surface area contributed by atoms with Gasteiger partial charge < -0.3 is 15.2 Å². The molecule has 0 radical (unpaired) electrons.